The lowest BCUT2D eigenvalue weighted by Crippen LogP contribution is -1.97. The quantitative estimate of drug-likeness (QED) is 0.619. The first-order chi connectivity index (χ1) is 11.7. The highest BCUT2D eigenvalue weighted by molar-refractivity contribution is 7.18. The second-order valence-electron chi connectivity index (χ2n) is 5.37. The zero-order valence-corrected chi connectivity index (χ0v) is 13.8. The number of nitrogen functional groups attached to an aromatic ring is 1. The van der Waals surface area contributed by atoms with Crippen LogP contribution in [0, 0.1) is 0 Å². The maximum atomic E-state index is 5.66. The van der Waals surface area contributed by atoms with Crippen LogP contribution in [0.3, 0.4) is 0 Å². The average Bonchev–Trinajstić information content (AvgIpc) is 3.22. The Hall–Kier alpha value is -2.93. The molecule has 7 heteroatoms. The lowest BCUT2D eigenvalue weighted by molar-refractivity contribution is 0.414. The number of nitrogens with zero attached hydrogens (tertiary/aromatic N) is 4. The molecule has 0 atom stereocenters. The third kappa shape index (κ3) is 2.69. The Labute approximate surface area is 142 Å². The zero-order valence-electron chi connectivity index (χ0n) is 13.0. The van der Waals surface area contributed by atoms with E-state index in [-0.39, 0.29) is 0 Å². The van der Waals surface area contributed by atoms with Crippen LogP contribution < -0.4 is 10.5 Å². The van der Waals surface area contributed by atoms with Crippen LogP contribution in [0.4, 0.5) is 5.13 Å². The van der Waals surface area contributed by atoms with Gasteiger partial charge < -0.3 is 15.0 Å². The van der Waals surface area contributed by atoms with Gasteiger partial charge in [-0.05, 0) is 35.9 Å². The molecule has 0 aliphatic rings. The van der Waals surface area contributed by atoms with Gasteiger partial charge in [-0.15, -0.1) is 10.2 Å². The molecule has 0 fully saturated rings. The van der Waals surface area contributed by atoms with Crippen molar-refractivity contribution >= 4 is 27.5 Å². The molecule has 0 aliphatic heterocycles. The number of aromatic nitrogens is 4. The van der Waals surface area contributed by atoms with Crippen LogP contribution in [0.25, 0.3) is 21.6 Å². The van der Waals surface area contributed by atoms with Crippen molar-refractivity contribution in [3.8, 4) is 16.3 Å². The predicted octanol–water partition coefficient (Wildman–Crippen LogP) is 3.19. The van der Waals surface area contributed by atoms with Gasteiger partial charge in [-0.3, -0.25) is 0 Å². The lowest BCUT2D eigenvalue weighted by atomic mass is 10.2. The van der Waals surface area contributed by atoms with Crippen molar-refractivity contribution < 1.29 is 4.74 Å². The fourth-order valence-corrected chi connectivity index (χ4v) is 3.21. The normalized spacial score (nSPS) is 11.0. The number of imidazole rings is 1. The molecule has 2 N–H and O–H groups in total. The summed E-state index contributed by atoms with van der Waals surface area (Å²) in [7, 11) is 1.67. The summed E-state index contributed by atoms with van der Waals surface area (Å²) in [6.45, 7) is 0.756. The van der Waals surface area contributed by atoms with Crippen LogP contribution >= 0.6 is 11.3 Å². The fourth-order valence-electron chi connectivity index (χ4n) is 2.60. The molecule has 0 radical (unpaired) electrons. The molecule has 0 aliphatic carbocycles. The van der Waals surface area contributed by atoms with E-state index in [9.17, 15) is 0 Å². The predicted molar refractivity (Wildman–Crippen MR) is 95.1 cm³/mol. The number of rotatable bonds is 4. The van der Waals surface area contributed by atoms with Crippen molar-refractivity contribution in [2.45, 2.75) is 6.54 Å². The molecule has 2 aromatic heterocycles. The Balaban J connectivity index is 1.64. The van der Waals surface area contributed by atoms with Gasteiger partial charge in [0.2, 0.25) is 5.13 Å². The van der Waals surface area contributed by atoms with E-state index in [1.807, 2.05) is 30.6 Å². The summed E-state index contributed by atoms with van der Waals surface area (Å²) in [6, 6.07) is 14.1. The Morgan fingerprint density at radius 1 is 1.12 bits per heavy atom. The summed E-state index contributed by atoms with van der Waals surface area (Å²) < 4.78 is 7.31. The van der Waals surface area contributed by atoms with E-state index in [2.05, 4.69) is 37.9 Å². The molecule has 0 unspecified atom stereocenters. The molecule has 0 bridgehead atoms. The van der Waals surface area contributed by atoms with E-state index in [0.717, 1.165) is 33.9 Å². The summed E-state index contributed by atoms with van der Waals surface area (Å²) in [5.74, 6) is 0.857. The van der Waals surface area contributed by atoms with E-state index in [1.54, 1.807) is 7.11 Å². The van der Waals surface area contributed by atoms with E-state index < -0.39 is 0 Å². The van der Waals surface area contributed by atoms with Crippen molar-refractivity contribution in [2.75, 3.05) is 12.8 Å². The van der Waals surface area contributed by atoms with Gasteiger partial charge in [-0.2, -0.15) is 0 Å². The molecule has 0 spiro atoms. The zero-order chi connectivity index (χ0) is 16.5. The minimum absolute atomic E-state index is 0.468. The van der Waals surface area contributed by atoms with Crippen LogP contribution in [-0.4, -0.2) is 26.9 Å². The summed E-state index contributed by atoms with van der Waals surface area (Å²) in [5, 5.41) is 9.21. The van der Waals surface area contributed by atoms with Crippen molar-refractivity contribution in [3.05, 3.63) is 54.4 Å². The Bertz CT molecular complexity index is 990. The van der Waals surface area contributed by atoms with Crippen molar-refractivity contribution in [1.29, 1.82) is 0 Å². The average molecular weight is 337 g/mol. The summed E-state index contributed by atoms with van der Waals surface area (Å²) >= 11 is 1.37. The second kappa shape index (κ2) is 5.93. The second-order valence-corrected chi connectivity index (χ2v) is 6.38. The van der Waals surface area contributed by atoms with E-state index in [4.69, 9.17) is 10.5 Å². The third-order valence-corrected chi connectivity index (χ3v) is 4.62. The SMILES string of the molecule is COc1ccc(Cn2cnc3cc(-c4nnc(N)s4)ccc32)cc1. The smallest absolute Gasteiger partial charge is 0.203 e. The first kappa shape index (κ1) is 14.6. The van der Waals surface area contributed by atoms with Gasteiger partial charge in [0.15, 0.2) is 0 Å². The monoisotopic (exact) mass is 337 g/mol. The number of ether oxygens (including phenoxy) is 1. The molecule has 2 aromatic carbocycles. The van der Waals surface area contributed by atoms with Crippen molar-refractivity contribution in [1.82, 2.24) is 19.7 Å². The van der Waals surface area contributed by atoms with E-state index in [1.165, 1.54) is 16.9 Å². The van der Waals surface area contributed by atoms with E-state index >= 15 is 0 Å². The third-order valence-electron chi connectivity index (χ3n) is 3.82. The van der Waals surface area contributed by atoms with Gasteiger partial charge in [0.05, 0.1) is 24.5 Å². The number of anilines is 1. The topological polar surface area (TPSA) is 78.8 Å². The number of benzene rings is 2. The molecule has 0 saturated carbocycles. The first-order valence-electron chi connectivity index (χ1n) is 7.40. The highest BCUT2D eigenvalue weighted by atomic mass is 32.1. The van der Waals surface area contributed by atoms with Crippen molar-refractivity contribution in [2.24, 2.45) is 0 Å². The van der Waals surface area contributed by atoms with Gasteiger partial charge in [0.1, 0.15) is 10.8 Å². The number of hydrogen-bond donors (Lipinski definition) is 1. The van der Waals surface area contributed by atoms with Gasteiger partial charge in [-0.25, -0.2) is 4.98 Å². The van der Waals surface area contributed by atoms with Gasteiger partial charge >= 0.3 is 0 Å². The largest absolute Gasteiger partial charge is 0.497 e. The van der Waals surface area contributed by atoms with Gasteiger partial charge in [0.25, 0.3) is 0 Å². The molecule has 120 valence electrons. The molecule has 2 heterocycles. The maximum Gasteiger partial charge on any atom is 0.203 e. The highest BCUT2D eigenvalue weighted by Gasteiger charge is 2.09. The van der Waals surface area contributed by atoms with Crippen LogP contribution in [0.5, 0.6) is 5.75 Å². The number of hydrogen-bond acceptors (Lipinski definition) is 6. The Morgan fingerprint density at radius 2 is 1.96 bits per heavy atom. The lowest BCUT2D eigenvalue weighted by Gasteiger charge is -2.06. The molecular formula is C17H15N5OS. The number of fused-ring (bicyclic) bond motifs is 1. The summed E-state index contributed by atoms with van der Waals surface area (Å²) in [6.07, 6.45) is 1.85. The molecule has 4 aromatic rings. The standard InChI is InChI=1S/C17H15N5OS/c1-23-13-5-2-11(3-6-13)9-22-10-19-14-8-12(4-7-15(14)22)16-20-21-17(18)24-16/h2-8,10H,9H2,1H3,(H2,18,21). The minimum atomic E-state index is 0.468. The number of methoxy groups -OCH3 is 1. The molecule has 24 heavy (non-hydrogen) atoms. The minimum Gasteiger partial charge on any atom is -0.497 e. The fraction of sp³-hybridized carbons (Fsp3) is 0.118. The molecule has 6 nitrogen and oxygen atoms in total. The maximum absolute atomic E-state index is 5.66. The van der Waals surface area contributed by atoms with Crippen LogP contribution in [0.15, 0.2) is 48.8 Å². The van der Waals surface area contributed by atoms with E-state index in [0.29, 0.717) is 5.13 Å². The number of nitrogens with two attached hydrogens (primary N) is 1. The Kier molecular flexibility index (Phi) is 3.62. The van der Waals surface area contributed by atoms with Gasteiger partial charge in [-0.1, -0.05) is 23.5 Å². The molecule has 4 rings (SSSR count). The van der Waals surface area contributed by atoms with Crippen LogP contribution in [0.1, 0.15) is 5.56 Å². The van der Waals surface area contributed by atoms with Gasteiger partial charge in [0, 0.05) is 12.1 Å². The summed E-state index contributed by atoms with van der Waals surface area (Å²) in [4.78, 5) is 4.50. The molecule has 0 saturated heterocycles. The highest BCUT2D eigenvalue weighted by Crippen LogP contribution is 2.27. The Morgan fingerprint density at radius 3 is 2.67 bits per heavy atom. The molecular weight excluding hydrogens is 322 g/mol. The first-order valence-corrected chi connectivity index (χ1v) is 8.22. The van der Waals surface area contributed by atoms with Crippen LogP contribution in [-0.2, 0) is 6.54 Å². The van der Waals surface area contributed by atoms with Crippen molar-refractivity contribution in [3.63, 3.8) is 0 Å². The molecule has 0 amide bonds. The summed E-state index contributed by atoms with van der Waals surface area (Å²) in [5.41, 5.74) is 9.83. The van der Waals surface area contributed by atoms with Crippen LogP contribution in [0.2, 0.25) is 0 Å².